The number of nitrogens with one attached hydrogen (secondary N) is 1. The van der Waals surface area contributed by atoms with Crippen LogP contribution in [0.1, 0.15) is 31.0 Å². The third-order valence-corrected chi connectivity index (χ3v) is 3.63. The molecule has 1 unspecified atom stereocenters. The van der Waals surface area contributed by atoms with Crippen molar-refractivity contribution in [3.8, 4) is 5.88 Å². The number of imidazole rings is 1. The van der Waals surface area contributed by atoms with E-state index in [1.807, 2.05) is 38.1 Å². The standard InChI is InChI=1S/C13H15BrN2O2/c1-3-16-12(17)11(15-13(16)18)8(2)9-4-6-10(14)7-5-9/h4-8,17H,3H2,1-2H3,(H,15,18). The summed E-state index contributed by atoms with van der Waals surface area (Å²) in [6.45, 7) is 4.23. The lowest BCUT2D eigenvalue weighted by molar-refractivity contribution is 0.411. The summed E-state index contributed by atoms with van der Waals surface area (Å²) in [7, 11) is 0. The van der Waals surface area contributed by atoms with Crippen LogP contribution in [0.25, 0.3) is 0 Å². The van der Waals surface area contributed by atoms with Gasteiger partial charge in [0.2, 0.25) is 5.88 Å². The highest BCUT2D eigenvalue weighted by Crippen LogP contribution is 2.29. The first-order valence-corrected chi connectivity index (χ1v) is 6.61. The fourth-order valence-electron chi connectivity index (χ4n) is 1.99. The smallest absolute Gasteiger partial charge is 0.328 e. The second-order valence-electron chi connectivity index (χ2n) is 4.18. The van der Waals surface area contributed by atoms with Gasteiger partial charge in [-0.3, -0.25) is 4.57 Å². The molecule has 0 saturated carbocycles. The lowest BCUT2D eigenvalue weighted by Gasteiger charge is -2.10. The van der Waals surface area contributed by atoms with Crippen molar-refractivity contribution in [2.75, 3.05) is 0 Å². The molecule has 5 heteroatoms. The van der Waals surface area contributed by atoms with Crippen molar-refractivity contribution in [1.82, 2.24) is 9.55 Å². The van der Waals surface area contributed by atoms with Crippen LogP contribution in [0, 0.1) is 0 Å². The normalized spacial score (nSPS) is 12.6. The van der Waals surface area contributed by atoms with Crippen LogP contribution in [0.5, 0.6) is 5.88 Å². The van der Waals surface area contributed by atoms with Gasteiger partial charge in [0, 0.05) is 16.9 Å². The number of halogens is 1. The Morgan fingerprint density at radius 2 is 2.00 bits per heavy atom. The zero-order valence-corrected chi connectivity index (χ0v) is 11.9. The Morgan fingerprint density at radius 1 is 1.39 bits per heavy atom. The number of H-pyrrole nitrogens is 1. The van der Waals surface area contributed by atoms with Crippen LogP contribution in [-0.2, 0) is 6.54 Å². The molecule has 0 amide bonds. The molecule has 96 valence electrons. The summed E-state index contributed by atoms with van der Waals surface area (Å²) in [5.41, 5.74) is 1.33. The third-order valence-electron chi connectivity index (χ3n) is 3.10. The first kappa shape index (κ1) is 13.0. The molecule has 1 aromatic heterocycles. The van der Waals surface area contributed by atoms with Crippen molar-refractivity contribution in [3.63, 3.8) is 0 Å². The van der Waals surface area contributed by atoms with E-state index >= 15 is 0 Å². The maximum atomic E-state index is 11.6. The molecule has 0 radical (unpaired) electrons. The van der Waals surface area contributed by atoms with Gasteiger partial charge in [-0.2, -0.15) is 0 Å². The monoisotopic (exact) mass is 310 g/mol. The lowest BCUT2D eigenvalue weighted by atomic mass is 9.98. The lowest BCUT2D eigenvalue weighted by Crippen LogP contribution is -2.14. The van der Waals surface area contributed by atoms with Crippen molar-refractivity contribution < 1.29 is 5.11 Å². The summed E-state index contributed by atoms with van der Waals surface area (Å²) in [6.07, 6.45) is 0. The van der Waals surface area contributed by atoms with E-state index in [0.717, 1.165) is 10.0 Å². The number of aromatic amines is 1. The van der Waals surface area contributed by atoms with Gasteiger partial charge in [-0.1, -0.05) is 35.0 Å². The minimum atomic E-state index is -0.269. The minimum absolute atomic E-state index is 0.0259. The quantitative estimate of drug-likeness (QED) is 0.916. The molecular weight excluding hydrogens is 296 g/mol. The van der Waals surface area contributed by atoms with Crippen LogP contribution >= 0.6 is 15.9 Å². The number of rotatable bonds is 3. The summed E-state index contributed by atoms with van der Waals surface area (Å²) in [4.78, 5) is 14.3. The first-order valence-electron chi connectivity index (χ1n) is 5.81. The number of nitrogens with zero attached hydrogens (tertiary/aromatic N) is 1. The molecule has 0 spiro atoms. The highest BCUT2D eigenvalue weighted by molar-refractivity contribution is 9.10. The molecule has 2 rings (SSSR count). The van der Waals surface area contributed by atoms with Gasteiger partial charge in [0.05, 0.1) is 5.69 Å². The number of aromatic hydroxyl groups is 1. The van der Waals surface area contributed by atoms with Gasteiger partial charge < -0.3 is 10.1 Å². The number of hydrogen-bond acceptors (Lipinski definition) is 2. The Morgan fingerprint density at radius 3 is 2.50 bits per heavy atom. The van der Waals surface area contributed by atoms with Gasteiger partial charge in [-0.05, 0) is 24.6 Å². The van der Waals surface area contributed by atoms with Gasteiger partial charge in [0.1, 0.15) is 0 Å². The van der Waals surface area contributed by atoms with Crippen molar-refractivity contribution in [3.05, 3.63) is 50.5 Å². The predicted octanol–water partition coefficient (Wildman–Crippen LogP) is 2.82. The van der Waals surface area contributed by atoms with Crippen LogP contribution in [0.15, 0.2) is 33.5 Å². The van der Waals surface area contributed by atoms with Crippen LogP contribution in [0.2, 0.25) is 0 Å². The molecule has 2 N–H and O–H groups in total. The van der Waals surface area contributed by atoms with E-state index in [1.54, 1.807) is 0 Å². The highest BCUT2D eigenvalue weighted by atomic mass is 79.9. The second kappa shape index (κ2) is 5.02. The molecule has 0 aliphatic heterocycles. The summed E-state index contributed by atoms with van der Waals surface area (Å²) in [6, 6.07) is 7.82. The Labute approximate surface area is 113 Å². The Bertz CT molecular complexity index is 598. The zero-order chi connectivity index (χ0) is 13.3. The van der Waals surface area contributed by atoms with E-state index in [4.69, 9.17) is 0 Å². The fraction of sp³-hybridized carbons (Fsp3) is 0.308. The molecule has 1 heterocycles. The SMILES string of the molecule is CCn1c(O)c(C(C)c2ccc(Br)cc2)[nH]c1=O. The minimum Gasteiger partial charge on any atom is -0.493 e. The van der Waals surface area contributed by atoms with Crippen molar-refractivity contribution >= 4 is 15.9 Å². The second-order valence-corrected chi connectivity index (χ2v) is 5.10. The largest absolute Gasteiger partial charge is 0.493 e. The van der Waals surface area contributed by atoms with Crippen LogP contribution in [0.3, 0.4) is 0 Å². The molecule has 0 aliphatic rings. The summed E-state index contributed by atoms with van der Waals surface area (Å²) in [5.74, 6) is -0.0310. The zero-order valence-electron chi connectivity index (χ0n) is 10.3. The molecule has 2 aromatic rings. The predicted molar refractivity (Wildman–Crippen MR) is 74.1 cm³/mol. The molecule has 0 saturated heterocycles. The van der Waals surface area contributed by atoms with E-state index < -0.39 is 0 Å². The summed E-state index contributed by atoms with van der Waals surface area (Å²) < 4.78 is 2.33. The van der Waals surface area contributed by atoms with Gasteiger partial charge in [0.15, 0.2) is 0 Å². The average molecular weight is 311 g/mol. The Hall–Kier alpha value is -1.49. The van der Waals surface area contributed by atoms with E-state index in [0.29, 0.717) is 12.2 Å². The molecule has 18 heavy (non-hydrogen) atoms. The number of benzene rings is 1. The van der Waals surface area contributed by atoms with E-state index in [-0.39, 0.29) is 17.5 Å². The molecule has 0 fully saturated rings. The van der Waals surface area contributed by atoms with Crippen molar-refractivity contribution in [2.24, 2.45) is 0 Å². The highest BCUT2D eigenvalue weighted by Gasteiger charge is 2.18. The molecule has 0 aliphatic carbocycles. The first-order chi connectivity index (χ1) is 8.54. The number of hydrogen-bond donors (Lipinski definition) is 2. The van der Waals surface area contributed by atoms with Crippen LogP contribution in [-0.4, -0.2) is 14.7 Å². The van der Waals surface area contributed by atoms with E-state index in [1.165, 1.54) is 4.57 Å². The average Bonchev–Trinajstić information content (AvgIpc) is 2.64. The van der Waals surface area contributed by atoms with Crippen molar-refractivity contribution in [1.29, 1.82) is 0 Å². The summed E-state index contributed by atoms with van der Waals surface area (Å²) in [5, 5.41) is 10.0. The van der Waals surface area contributed by atoms with Gasteiger partial charge >= 0.3 is 5.69 Å². The topological polar surface area (TPSA) is 58.0 Å². The maximum Gasteiger partial charge on any atom is 0.328 e. The van der Waals surface area contributed by atoms with E-state index in [9.17, 15) is 9.90 Å². The van der Waals surface area contributed by atoms with Crippen LogP contribution < -0.4 is 5.69 Å². The van der Waals surface area contributed by atoms with Gasteiger partial charge in [-0.15, -0.1) is 0 Å². The van der Waals surface area contributed by atoms with Gasteiger partial charge in [0.25, 0.3) is 0 Å². The molecule has 4 nitrogen and oxygen atoms in total. The maximum absolute atomic E-state index is 11.6. The third kappa shape index (κ3) is 2.22. The molecule has 1 aromatic carbocycles. The molecular formula is C13H15BrN2O2. The van der Waals surface area contributed by atoms with Gasteiger partial charge in [-0.25, -0.2) is 4.79 Å². The van der Waals surface area contributed by atoms with Crippen molar-refractivity contribution in [2.45, 2.75) is 26.3 Å². The van der Waals surface area contributed by atoms with Crippen LogP contribution in [0.4, 0.5) is 0 Å². The Kier molecular flexibility index (Phi) is 3.61. The fourth-order valence-corrected chi connectivity index (χ4v) is 2.26. The molecule has 1 atom stereocenters. The number of aromatic nitrogens is 2. The summed E-state index contributed by atoms with van der Waals surface area (Å²) >= 11 is 3.38. The molecule has 0 bridgehead atoms. The van der Waals surface area contributed by atoms with E-state index in [2.05, 4.69) is 20.9 Å². The Balaban J connectivity index is 2.43.